The quantitative estimate of drug-likeness (QED) is 0.755. The van der Waals surface area contributed by atoms with Crippen LogP contribution in [0.1, 0.15) is 17.9 Å². The number of piperidine rings is 1. The summed E-state index contributed by atoms with van der Waals surface area (Å²) >= 11 is 0. The third kappa shape index (κ3) is 2.98. The van der Waals surface area contributed by atoms with Gasteiger partial charge in [-0.25, -0.2) is 13.6 Å². The van der Waals surface area contributed by atoms with Gasteiger partial charge in [0.25, 0.3) is 0 Å². The van der Waals surface area contributed by atoms with Crippen LogP contribution in [-0.2, 0) is 4.79 Å². The molecule has 1 aliphatic heterocycles. The van der Waals surface area contributed by atoms with Crippen molar-refractivity contribution in [2.45, 2.75) is 18.4 Å². The predicted molar refractivity (Wildman–Crippen MR) is 61.7 cm³/mol. The molecular weight excluding hydrogens is 258 g/mol. The summed E-state index contributed by atoms with van der Waals surface area (Å²) in [7, 11) is 0. The van der Waals surface area contributed by atoms with E-state index < -0.39 is 29.7 Å². The van der Waals surface area contributed by atoms with Crippen LogP contribution in [0.2, 0.25) is 0 Å². The van der Waals surface area contributed by atoms with Gasteiger partial charge >= 0.3 is 6.09 Å². The van der Waals surface area contributed by atoms with Gasteiger partial charge in [-0.3, -0.25) is 4.79 Å². The van der Waals surface area contributed by atoms with E-state index in [9.17, 15) is 18.4 Å². The molecule has 1 aliphatic rings. The van der Waals surface area contributed by atoms with Crippen LogP contribution in [-0.4, -0.2) is 29.7 Å². The Morgan fingerprint density at radius 2 is 2.16 bits per heavy atom. The van der Waals surface area contributed by atoms with Gasteiger partial charge in [0.05, 0.1) is 6.04 Å². The summed E-state index contributed by atoms with van der Waals surface area (Å²) in [4.78, 5) is 22.1. The Morgan fingerprint density at radius 3 is 2.79 bits per heavy atom. The maximum atomic E-state index is 13.7. The molecule has 19 heavy (non-hydrogen) atoms. The SMILES string of the molecule is O=C(O)N[C@@H]1CNC(=O)C[C@H]1c1ccc(F)cc1F. The van der Waals surface area contributed by atoms with Crippen molar-refractivity contribution in [2.24, 2.45) is 0 Å². The maximum Gasteiger partial charge on any atom is 0.404 e. The predicted octanol–water partition coefficient (Wildman–Crippen LogP) is 1.20. The third-order valence-electron chi connectivity index (χ3n) is 3.08. The molecule has 5 nitrogen and oxygen atoms in total. The van der Waals surface area contributed by atoms with Gasteiger partial charge in [0, 0.05) is 24.9 Å². The van der Waals surface area contributed by atoms with Crippen LogP contribution >= 0.6 is 0 Å². The van der Waals surface area contributed by atoms with Gasteiger partial charge in [-0.15, -0.1) is 0 Å². The van der Waals surface area contributed by atoms with Crippen molar-refractivity contribution in [3.05, 3.63) is 35.4 Å². The fourth-order valence-electron chi connectivity index (χ4n) is 2.22. The Bertz CT molecular complexity index is 522. The van der Waals surface area contributed by atoms with Crippen LogP contribution in [0.25, 0.3) is 0 Å². The van der Waals surface area contributed by atoms with Crippen molar-refractivity contribution in [3.63, 3.8) is 0 Å². The number of carbonyl (C=O) groups excluding carboxylic acids is 1. The molecule has 1 heterocycles. The number of rotatable bonds is 2. The lowest BCUT2D eigenvalue weighted by Crippen LogP contribution is -2.51. The fraction of sp³-hybridized carbons (Fsp3) is 0.333. The van der Waals surface area contributed by atoms with Crippen LogP contribution in [0.4, 0.5) is 13.6 Å². The highest BCUT2D eigenvalue weighted by atomic mass is 19.1. The van der Waals surface area contributed by atoms with Crippen LogP contribution in [0.15, 0.2) is 18.2 Å². The average Bonchev–Trinajstić information content (AvgIpc) is 2.31. The zero-order valence-corrected chi connectivity index (χ0v) is 9.82. The maximum absolute atomic E-state index is 13.7. The Kier molecular flexibility index (Phi) is 3.64. The molecular formula is C12H12F2N2O3. The fourth-order valence-corrected chi connectivity index (χ4v) is 2.22. The van der Waals surface area contributed by atoms with E-state index >= 15 is 0 Å². The minimum Gasteiger partial charge on any atom is -0.465 e. The molecule has 1 aromatic carbocycles. The Labute approximate surface area is 107 Å². The first-order valence-electron chi connectivity index (χ1n) is 5.68. The number of amides is 2. The molecule has 2 amide bonds. The van der Waals surface area contributed by atoms with E-state index in [1.54, 1.807) is 0 Å². The highest BCUT2D eigenvalue weighted by molar-refractivity contribution is 5.78. The number of halogens is 2. The van der Waals surface area contributed by atoms with Crippen molar-refractivity contribution in [1.29, 1.82) is 0 Å². The zero-order valence-electron chi connectivity index (χ0n) is 9.82. The number of hydrogen-bond donors (Lipinski definition) is 3. The van der Waals surface area contributed by atoms with E-state index in [4.69, 9.17) is 5.11 Å². The van der Waals surface area contributed by atoms with Gasteiger partial charge < -0.3 is 15.7 Å². The molecule has 2 rings (SSSR count). The van der Waals surface area contributed by atoms with Crippen molar-refractivity contribution in [2.75, 3.05) is 6.54 Å². The van der Waals surface area contributed by atoms with Crippen LogP contribution in [0, 0.1) is 11.6 Å². The van der Waals surface area contributed by atoms with E-state index in [2.05, 4.69) is 10.6 Å². The minimum absolute atomic E-state index is 0.0481. The van der Waals surface area contributed by atoms with E-state index in [0.29, 0.717) is 0 Å². The molecule has 7 heteroatoms. The topological polar surface area (TPSA) is 78.4 Å². The van der Waals surface area contributed by atoms with Crippen LogP contribution in [0.5, 0.6) is 0 Å². The number of carboxylic acid groups (broad SMARTS) is 1. The van der Waals surface area contributed by atoms with Crippen LogP contribution in [0.3, 0.4) is 0 Å². The summed E-state index contributed by atoms with van der Waals surface area (Å²) in [5.41, 5.74) is 0.134. The van der Waals surface area contributed by atoms with Crippen molar-refractivity contribution >= 4 is 12.0 Å². The highest BCUT2D eigenvalue weighted by Gasteiger charge is 2.33. The molecule has 1 fully saturated rings. The molecule has 3 N–H and O–H groups in total. The Balaban J connectivity index is 2.30. The summed E-state index contributed by atoms with van der Waals surface area (Å²) in [5, 5.41) is 13.5. The number of hydrogen-bond acceptors (Lipinski definition) is 2. The summed E-state index contributed by atoms with van der Waals surface area (Å²) in [6.07, 6.45) is -1.30. The first kappa shape index (κ1) is 13.3. The molecule has 0 aliphatic carbocycles. The molecule has 102 valence electrons. The number of carbonyl (C=O) groups is 2. The lowest BCUT2D eigenvalue weighted by molar-refractivity contribution is -0.123. The monoisotopic (exact) mass is 270 g/mol. The molecule has 0 saturated carbocycles. The number of nitrogens with one attached hydrogen (secondary N) is 2. The van der Waals surface area contributed by atoms with Crippen molar-refractivity contribution < 1.29 is 23.5 Å². The molecule has 1 aromatic rings. The normalized spacial score (nSPS) is 22.7. The summed E-state index contributed by atoms with van der Waals surface area (Å²) in [6.45, 7) is 0.0760. The standard InChI is InChI=1S/C12H12F2N2O3/c13-6-1-2-7(9(14)3-6)8-4-11(17)15-5-10(8)16-12(18)19/h1-3,8,10,16H,4-5H2,(H,15,17)(H,18,19)/t8-,10+/m0/s1. The van der Waals surface area contributed by atoms with Gasteiger partial charge in [-0.1, -0.05) is 6.07 Å². The summed E-state index contributed by atoms with van der Waals surface area (Å²) in [6, 6.07) is 2.41. The largest absolute Gasteiger partial charge is 0.465 e. The molecule has 1 saturated heterocycles. The first-order valence-corrected chi connectivity index (χ1v) is 5.68. The van der Waals surface area contributed by atoms with Gasteiger partial charge in [0.2, 0.25) is 5.91 Å². The van der Waals surface area contributed by atoms with Gasteiger partial charge in [-0.2, -0.15) is 0 Å². The lowest BCUT2D eigenvalue weighted by Gasteiger charge is -2.31. The second-order valence-electron chi connectivity index (χ2n) is 4.34. The molecule has 0 radical (unpaired) electrons. The van der Waals surface area contributed by atoms with Crippen LogP contribution < -0.4 is 10.6 Å². The van der Waals surface area contributed by atoms with Crippen molar-refractivity contribution in [3.8, 4) is 0 Å². The second kappa shape index (κ2) is 5.21. The number of benzene rings is 1. The van der Waals surface area contributed by atoms with Gasteiger partial charge in [-0.05, 0) is 11.6 Å². The molecule has 0 bridgehead atoms. The van der Waals surface area contributed by atoms with E-state index in [1.807, 2.05) is 0 Å². The Morgan fingerprint density at radius 1 is 1.42 bits per heavy atom. The molecule has 2 atom stereocenters. The minimum atomic E-state index is -1.26. The van der Waals surface area contributed by atoms with Gasteiger partial charge in [0.15, 0.2) is 0 Å². The smallest absolute Gasteiger partial charge is 0.404 e. The van der Waals surface area contributed by atoms with E-state index in [0.717, 1.165) is 12.1 Å². The summed E-state index contributed by atoms with van der Waals surface area (Å²) in [5.74, 6) is -2.44. The highest BCUT2D eigenvalue weighted by Crippen LogP contribution is 2.28. The van der Waals surface area contributed by atoms with Crippen molar-refractivity contribution in [1.82, 2.24) is 10.6 Å². The second-order valence-corrected chi connectivity index (χ2v) is 4.34. The van der Waals surface area contributed by atoms with Gasteiger partial charge in [0.1, 0.15) is 11.6 Å². The lowest BCUT2D eigenvalue weighted by atomic mass is 9.85. The Hall–Kier alpha value is -2.18. The molecule has 0 spiro atoms. The zero-order chi connectivity index (χ0) is 14.0. The average molecular weight is 270 g/mol. The molecule has 0 aromatic heterocycles. The summed E-state index contributed by atoms with van der Waals surface area (Å²) < 4.78 is 26.6. The molecule has 0 unspecified atom stereocenters. The van der Waals surface area contributed by atoms with E-state index in [-0.39, 0.29) is 24.4 Å². The first-order chi connectivity index (χ1) is 8.97. The van der Waals surface area contributed by atoms with E-state index in [1.165, 1.54) is 6.07 Å². The third-order valence-corrected chi connectivity index (χ3v) is 3.08.